The maximum absolute atomic E-state index is 14.5. The molecule has 3 rings (SSSR count). The van der Waals surface area contributed by atoms with E-state index in [2.05, 4.69) is 11.9 Å². The number of likely N-dealkylation sites (N-methyl/N-ethyl adjacent to an activating group) is 2. The third-order valence-electron chi connectivity index (χ3n) is 10.8. The van der Waals surface area contributed by atoms with E-state index in [1.54, 1.807) is 47.7 Å². The van der Waals surface area contributed by atoms with Gasteiger partial charge in [-0.05, 0) is 55.4 Å². The van der Waals surface area contributed by atoms with E-state index < -0.39 is 83.8 Å². The number of fused-ring (bicyclic) bond motifs is 1. The lowest BCUT2D eigenvalue weighted by Gasteiger charge is -2.36. The van der Waals surface area contributed by atoms with Crippen LogP contribution >= 0.6 is 0 Å². The SMILES string of the molecule is C=CCCCC1OC(=O)C(C(C)CC)N(C)C(=O)C2CCCN2C(=O)C(Cc2ccccc2)OC(=O)C(C(C)C)N(C)C(=O)C(C(C)C)NC(=O)C1C. The largest absolute Gasteiger partial charge is 0.460 e. The predicted molar refractivity (Wildman–Crippen MR) is 202 cm³/mol. The normalized spacial score (nSPS) is 27.8. The molecule has 1 aromatic carbocycles. The molecule has 12 heteroatoms. The molecule has 8 unspecified atom stereocenters. The lowest BCUT2D eigenvalue weighted by Crippen LogP contribution is -2.57. The summed E-state index contributed by atoms with van der Waals surface area (Å²) < 4.78 is 12.2. The van der Waals surface area contributed by atoms with Crippen molar-refractivity contribution in [3.05, 3.63) is 48.6 Å². The predicted octanol–water partition coefficient (Wildman–Crippen LogP) is 4.55. The molecule has 2 heterocycles. The van der Waals surface area contributed by atoms with E-state index in [4.69, 9.17) is 9.47 Å². The summed E-state index contributed by atoms with van der Waals surface area (Å²) in [6, 6.07) is 5.16. The monoisotopic (exact) mass is 738 g/mol. The smallest absolute Gasteiger partial charge is 0.329 e. The van der Waals surface area contributed by atoms with Gasteiger partial charge in [0.2, 0.25) is 17.7 Å². The summed E-state index contributed by atoms with van der Waals surface area (Å²) in [5.41, 5.74) is 0.751. The van der Waals surface area contributed by atoms with Crippen molar-refractivity contribution in [2.24, 2.45) is 23.7 Å². The van der Waals surface area contributed by atoms with Crippen molar-refractivity contribution in [3.63, 3.8) is 0 Å². The van der Waals surface area contributed by atoms with Gasteiger partial charge >= 0.3 is 11.9 Å². The summed E-state index contributed by atoms with van der Waals surface area (Å²) in [6.07, 6.45) is 2.71. The van der Waals surface area contributed by atoms with Gasteiger partial charge in [0.1, 0.15) is 30.3 Å². The van der Waals surface area contributed by atoms with E-state index in [0.717, 1.165) is 5.56 Å². The van der Waals surface area contributed by atoms with Crippen molar-refractivity contribution in [2.75, 3.05) is 20.6 Å². The van der Waals surface area contributed by atoms with E-state index in [9.17, 15) is 28.8 Å². The van der Waals surface area contributed by atoms with Crippen LogP contribution in [0.2, 0.25) is 0 Å². The second-order valence-corrected chi connectivity index (χ2v) is 15.4. The zero-order valence-electron chi connectivity index (χ0n) is 33.2. The Balaban J connectivity index is 2.18. The van der Waals surface area contributed by atoms with Gasteiger partial charge in [0.25, 0.3) is 5.91 Å². The van der Waals surface area contributed by atoms with Crippen LogP contribution in [0.25, 0.3) is 0 Å². The lowest BCUT2D eigenvalue weighted by molar-refractivity contribution is -0.170. The highest BCUT2D eigenvalue weighted by Gasteiger charge is 2.45. The van der Waals surface area contributed by atoms with E-state index >= 15 is 0 Å². The molecular weight excluding hydrogens is 676 g/mol. The van der Waals surface area contributed by atoms with E-state index in [-0.39, 0.29) is 24.8 Å². The number of rotatable bonds is 10. The minimum atomic E-state index is -1.29. The summed E-state index contributed by atoms with van der Waals surface area (Å²) in [5, 5.41) is 2.89. The van der Waals surface area contributed by atoms with Gasteiger partial charge in [-0.15, -0.1) is 6.58 Å². The molecule has 294 valence electrons. The molecular formula is C41H62N4O8. The first-order valence-electron chi connectivity index (χ1n) is 19.2. The van der Waals surface area contributed by atoms with Gasteiger partial charge in [0.15, 0.2) is 6.10 Å². The van der Waals surface area contributed by atoms with E-state index in [1.807, 2.05) is 44.2 Å². The summed E-state index contributed by atoms with van der Waals surface area (Å²) in [7, 11) is 3.05. The Kier molecular flexibility index (Phi) is 16.1. The average Bonchev–Trinajstić information content (AvgIpc) is 3.61. The minimum absolute atomic E-state index is 0.0543. The standard InChI is InChI=1S/C41H62N4O8/c1-11-13-15-22-31-28(8)36(46)42-33(25(3)4)39(49)43(9)34(26(5)6)40(50)53-32(24-29-19-16-14-17-20-29)38(48)45-23-18-21-30(45)37(47)44(10)35(27(7)12-2)41(51)52-31/h11,14,16-17,19-20,25-28,30-35H,1,12-13,15,18,21-24H2,2-10H3,(H,42,46). The second kappa shape index (κ2) is 19.7. The molecule has 0 aromatic heterocycles. The van der Waals surface area contributed by atoms with Gasteiger partial charge < -0.3 is 29.5 Å². The number of nitrogens with one attached hydrogen (secondary N) is 1. The number of carbonyl (C=O) groups is 6. The van der Waals surface area contributed by atoms with Gasteiger partial charge in [0, 0.05) is 27.1 Å². The van der Waals surface area contributed by atoms with E-state index in [0.29, 0.717) is 38.5 Å². The van der Waals surface area contributed by atoms with Crippen molar-refractivity contribution in [2.45, 2.75) is 130 Å². The van der Waals surface area contributed by atoms with Crippen molar-refractivity contribution in [1.82, 2.24) is 20.0 Å². The third-order valence-corrected chi connectivity index (χ3v) is 10.8. The number of amides is 4. The highest BCUT2D eigenvalue weighted by atomic mass is 16.6. The maximum atomic E-state index is 14.5. The molecule has 2 aliphatic rings. The number of nitrogens with zero attached hydrogens (tertiary/aromatic N) is 3. The van der Waals surface area contributed by atoms with Crippen molar-refractivity contribution < 1.29 is 38.2 Å². The van der Waals surface area contributed by atoms with Crippen LogP contribution in [0, 0.1) is 23.7 Å². The molecule has 1 aromatic rings. The molecule has 0 saturated carbocycles. The third kappa shape index (κ3) is 10.7. The molecule has 2 aliphatic heterocycles. The minimum Gasteiger partial charge on any atom is -0.460 e. The van der Waals surface area contributed by atoms with Crippen LogP contribution in [-0.2, 0) is 44.7 Å². The Hall–Kier alpha value is -4.22. The van der Waals surface area contributed by atoms with Crippen molar-refractivity contribution in [3.8, 4) is 0 Å². The number of allylic oxidation sites excluding steroid dienone is 1. The molecule has 4 amide bonds. The molecule has 0 radical (unpaired) electrons. The van der Waals surface area contributed by atoms with Crippen LogP contribution in [-0.4, -0.2) is 107 Å². The molecule has 2 fully saturated rings. The Bertz CT molecular complexity index is 1450. The zero-order chi connectivity index (χ0) is 39.6. The van der Waals surface area contributed by atoms with Crippen LogP contribution in [0.1, 0.15) is 92.6 Å². The fourth-order valence-corrected chi connectivity index (χ4v) is 7.35. The number of hydrogen-bond donors (Lipinski definition) is 1. The Morgan fingerprint density at radius 1 is 0.868 bits per heavy atom. The summed E-state index contributed by atoms with van der Waals surface area (Å²) >= 11 is 0. The number of esters is 2. The van der Waals surface area contributed by atoms with Gasteiger partial charge in [-0.25, -0.2) is 9.59 Å². The van der Waals surface area contributed by atoms with E-state index in [1.165, 1.54) is 21.7 Å². The second-order valence-electron chi connectivity index (χ2n) is 15.4. The Morgan fingerprint density at radius 3 is 2.08 bits per heavy atom. The van der Waals surface area contributed by atoms with Crippen LogP contribution in [0.5, 0.6) is 0 Å². The lowest BCUT2D eigenvalue weighted by atomic mass is 9.94. The van der Waals surface area contributed by atoms with Gasteiger partial charge in [-0.1, -0.05) is 91.3 Å². The van der Waals surface area contributed by atoms with Gasteiger partial charge in [-0.2, -0.15) is 0 Å². The summed E-state index contributed by atoms with van der Waals surface area (Å²) in [5.74, 6) is -5.26. The Morgan fingerprint density at radius 2 is 1.49 bits per heavy atom. The zero-order valence-corrected chi connectivity index (χ0v) is 33.2. The molecule has 8 atom stereocenters. The first-order valence-corrected chi connectivity index (χ1v) is 19.2. The number of cyclic esters (lactones) is 2. The van der Waals surface area contributed by atoms with Crippen LogP contribution < -0.4 is 5.32 Å². The first kappa shape index (κ1) is 43.2. The van der Waals surface area contributed by atoms with Gasteiger partial charge in [0.05, 0.1) is 5.92 Å². The number of hydrogen-bond acceptors (Lipinski definition) is 8. The molecule has 0 bridgehead atoms. The number of ether oxygens (including phenoxy) is 2. The number of benzene rings is 1. The van der Waals surface area contributed by atoms with Crippen LogP contribution in [0.15, 0.2) is 43.0 Å². The van der Waals surface area contributed by atoms with Gasteiger partial charge in [-0.3, -0.25) is 19.2 Å². The summed E-state index contributed by atoms with van der Waals surface area (Å²) in [4.78, 5) is 89.3. The molecule has 2 saturated heterocycles. The molecule has 12 nitrogen and oxygen atoms in total. The molecule has 1 N–H and O–H groups in total. The topological polar surface area (TPSA) is 143 Å². The fraction of sp³-hybridized carbons (Fsp3) is 0.659. The van der Waals surface area contributed by atoms with Crippen molar-refractivity contribution in [1.29, 1.82) is 0 Å². The summed E-state index contributed by atoms with van der Waals surface area (Å²) in [6.45, 7) is 16.7. The quantitative estimate of drug-likeness (QED) is 0.210. The molecule has 53 heavy (non-hydrogen) atoms. The first-order chi connectivity index (χ1) is 25.0. The van der Waals surface area contributed by atoms with Crippen molar-refractivity contribution >= 4 is 35.6 Å². The Labute approximate surface area is 316 Å². The highest BCUT2D eigenvalue weighted by molar-refractivity contribution is 5.95. The maximum Gasteiger partial charge on any atom is 0.329 e. The molecule has 0 aliphatic carbocycles. The number of unbranched alkanes of at least 4 members (excludes halogenated alkanes) is 1. The molecule has 0 spiro atoms. The van der Waals surface area contributed by atoms with Crippen LogP contribution in [0.3, 0.4) is 0 Å². The fourth-order valence-electron chi connectivity index (χ4n) is 7.35. The average molecular weight is 739 g/mol. The number of carbonyl (C=O) groups excluding carboxylic acids is 6. The highest BCUT2D eigenvalue weighted by Crippen LogP contribution is 2.27. The van der Waals surface area contributed by atoms with Crippen LogP contribution in [0.4, 0.5) is 0 Å².